The Morgan fingerprint density at radius 1 is 1.30 bits per heavy atom. The number of nitrogens with zero attached hydrogens (tertiary/aromatic N) is 1. The van der Waals surface area contributed by atoms with E-state index in [1.54, 1.807) is 25.1 Å². The van der Waals surface area contributed by atoms with Gasteiger partial charge in [-0.05, 0) is 30.7 Å². The van der Waals surface area contributed by atoms with Gasteiger partial charge in [-0.1, -0.05) is 17.7 Å². The van der Waals surface area contributed by atoms with Crippen molar-refractivity contribution in [3.05, 3.63) is 63.0 Å². The molecule has 1 aromatic heterocycles. The lowest BCUT2D eigenvalue weighted by atomic mass is 10.2. The molecule has 2 rings (SSSR count). The van der Waals surface area contributed by atoms with Crippen LogP contribution in [0.3, 0.4) is 0 Å². The first kappa shape index (κ1) is 16.6. The Morgan fingerprint density at radius 2 is 2.04 bits per heavy atom. The van der Waals surface area contributed by atoms with Gasteiger partial charge >= 0.3 is 5.97 Å². The smallest absolute Gasteiger partial charge is 0.337 e. The highest BCUT2D eigenvalue weighted by atomic mass is 35.5. The van der Waals surface area contributed by atoms with Crippen LogP contribution in [0, 0.1) is 6.92 Å². The number of aromatic nitrogens is 1. The van der Waals surface area contributed by atoms with Crippen LogP contribution in [0.25, 0.3) is 0 Å². The van der Waals surface area contributed by atoms with E-state index in [0.29, 0.717) is 21.0 Å². The van der Waals surface area contributed by atoms with Crippen molar-refractivity contribution >= 4 is 29.2 Å². The monoisotopic (exact) mass is 336 g/mol. The van der Waals surface area contributed by atoms with Crippen LogP contribution in [0.1, 0.15) is 15.9 Å². The van der Waals surface area contributed by atoms with E-state index in [2.05, 4.69) is 5.32 Å². The number of hydrogen-bond donors (Lipinski definition) is 2. The molecule has 23 heavy (non-hydrogen) atoms. The molecule has 1 heterocycles. The molecule has 0 spiro atoms. The zero-order valence-electron chi connectivity index (χ0n) is 12.1. The van der Waals surface area contributed by atoms with E-state index >= 15 is 0 Å². The Labute approximate surface area is 136 Å². The Bertz CT molecular complexity index is 816. The van der Waals surface area contributed by atoms with Crippen LogP contribution in [0.4, 0.5) is 5.69 Å². The zero-order chi connectivity index (χ0) is 17.0. The summed E-state index contributed by atoms with van der Waals surface area (Å²) >= 11 is 5.95. The summed E-state index contributed by atoms with van der Waals surface area (Å²) in [6, 6.07) is 7.26. The lowest BCUT2D eigenvalue weighted by molar-refractivity contribution is -0.120. The highest BCUT2D eigenvalue weighted by Gasteiger charge is 2.10. The molecule has 1 aromatic carbocycles. The quantitative estimate of drug-likeness (QED) is 0.863. The van der Waals surface area contributed by atoms with E-state index in [4.69, 9.17) is 21.5 Å². The van der Waals surface area contributed by atoms with Crippen molar-refractivity contribution in [2.75, 3.05) is 11.9 Å². The average molecular weight is 337 g/mol. The number of nitrogens with one attached hydrogen (secondary N) is 1. The molecular weight excluding hydrogens is 324 g/mol. The molecule has 0 saturated carbocycles. The van der Waals surface area contributed by atoms with Crippen LogP contribution in [0.5, 0.6) is 0 Å². The molecule has 0 aliphatic heterocycles. The van der Waals surface area contributed by atoms with Crippen LogP contribution in [0.2, 0.25) is 5.02 Å². The summed E-state index contributed by atoms with van der Waals surface area (Å²) in [5, 5.41) is 12.0. The zero-order valence-corrected chi connectivity index (χ0v) is 12.8. The number of carbonyl (C=O) groups excluding carboxylic acids is 1. The molecular formula is C15H13ClN2O5. The van der Waals surface area contributed by atoms with E-state index in [-0.39, 0.29) is 5.56 Å². The van der Waals surface area contributed by atoms with Crippen molar-refractivity contribution in [2.45, 2.75) is 6.92 Å². The second-order valence-corrected chi connectivity index (χ2v) is 5.03. The SMILES string of the molecule is Cc1c(Cl)cccc1NC(=O)COn1cc(C(=O)O)ccc1=O. The van der Waals surface area contributed by atoms with Crippen molar-refractivity contribution in [3.63, 3.8) is 0 Å². The van der Waals surface area contributed by atoms with E-state index in [0.717, 1.165) is 18.3 Å². The number of pyridine rings is 1. The van der Waals surface area contributed by atoms with E-state index in [9.17, 15) is 14.4 Å². The second kappa shape index (κ2) is 6.97. The first-order valence-corrected chi connectivity index (χ1v) is 6.90. The largest absolute Gasteiger partial charge is 0.478 e. The predicted molar refractivity (Wildman–Crippen MR) is 83.9 cm³/mol. The normalized spacial score (nSPS) is 10.2. The third kappa shape index (κ3) is 4.10. The van der Waals surface area contributed by atoms with E-state index < -0.39 is 24.0 Å². The van der Waals surface area contributed by atoms with Crippen LogP contribution < -0.4 is 15.7 Å². The van der Waals surface area contributed by atoms with Gasteiger partial charge in [0.1, 0.15) is 0 Å². The molecule has 0 unspecified atom stereocenters. The Balaban J connectivity index is 2.05. The molecule has 1 amide bonds. The summed E-state index contributed by atoms with van der Waals surface area (Å²) in [6.45, 7) is 1.29. The predicted octanol–water partition coefficient (Wildman–Crippen LogP) is 1.58. The summed E-state index contributed by atoms with van der Waals surface area (Å²) in [4.78, 5) is 39.3. The first-order chi connectivity index (χ1) is 10.9. The lowest BCUT2D eigenvalue weighted by Gasteiger charge is -2.11. The number of carboxylic acid groups (broad SMARTS) is 1. The number of anilines is 1. The fraction of sp³-hybridized carbons (Fsp3) is 0.133. The number of carbonyl (C=O) groups is 2. The minimum Gasteiger partial charge on any atom is -0.478 e. The third-order valence-corrected chi connectivity index (χ3v) is 3.41. The van der Waals surface area contributed by atoms with Crippen molar-refractivity contribution in [1.82, 2.24) is 4.73 Å². The van der Waals surface area contributed by atoms with Crippen LogP contribution in [0.15, 0.2) is 41.3 Å². The van der Waals surface area contributed by atoms with E-state index in [1.807, 2.05) is 0 Å². The van der Waals surface area contributed by atoms with Crippen molar-refractivity contribution in [1.29, 1.82) is 0 Å². The molecule has 0 aliphatic carbocycles. The highest BCUT2D eigenvalue weighted by molar-refractivity contribution is 6.31. The van der Waals surface area contributed by atoms with Gasteiger partial charge in [-0.15, -0.1) is 0 Å². The Morgan fingerprint density at radius 3 is 2.74 bits per heavy atom. The minimum atomic E-state index is -1.21. The number of aromatic carboxylic acids is 1. The van der Waals surface area contributed by atoms with Gasteiger partial charge in [-0.3, -0.25) is 9.59 Å². The first-order valence-electron chi connectivity index (χ1n) is 6.52. The van der Waals surface area contributed by atoms with Gasteiger partial charge in [0.05, 0.1) is 11.8 Å². The molecule has 2 N–H and O–H groups in total. The maximum Gasteiger partial charge on any atom is 0.337 e. The topological polar surface area (TPSA) is 97.6 Å². The molecule has 120 valence electrons. The standard InChI is InChI=1S/C15H13ClN2O5/c1-9-11(16)3-2-4-12(9)17-13(19)8-23-18-7-10(15(21)22)5-6-14(18)20/h2-7H,8H2,1H3,(H,17,19)(H,21,22). The fourth-order valence-electron chi connectivity index (χ4n) is 1.75. The second-order valence-electron chi connectivity index (χ2n) is 4.62. The molecule has 2 aromatic rings. The Hall–Kier alpha value is -2.80. The summed E-state index contributed by atoms with van der Waals surface area (Å²) in [7, 11) is 0. The van der Waals surface area contributed by atoms with Gasteiger partial charge in [-0.2, -0.15) is 4.73 Å². The van der Waals surface area contributed by atoms with Gasteiger partial charge in [0.15, 0.2) is 6.61 Å². The average Bonchev–Trinajstić information content (AvgIpc) is 2.51. The highest BCUT2D eigenvalue weighted by Crippen LogP contribution is 2.22. The van der Waals surface area contributed by atoms with Crippen LogP contribution in [-0.2, 0) is 4.79 Å². The minimum absolute atomic E-state index is 0.129. The van der Waals surface area contributed by atoms with Gasteiger partial charge in [0.2, 0.25) is 0 Å². The van der Waals surface area contributed by atoms with E-state index in [1.165, 1.54) is 0 Å². The molecule has 0 bridgehead atoms. The summed E-state index contributed by atoms with van der Waals surface area (Å²) in [6.07, 6.45) is 1.00. The number of amides is 1. The maximum atomic E-state index is 11.9. The molecule has 0 fully saturated rings. The molecule has 0 atom stereocenters. The Kier molecular flexibility index (Phi) is 5.02. The van der Waals surface area contributed by atoms with Crippen LogP contribution in [-0.4, -0.2) is 28.3 Å². The van der Waals surface area contributed by atoms with Crippen molar-refractivity contribution in [2.24, 2.45) is 0 Å². The third-order valence-electron chi connectivity index (χ3n) is 3.00. The summed E-state index contributed by atoms with van der Waals surface area (Å²) < 4.78 is 0.702. The number of carboxylic acids is 1. The number of halogens is 1. The number of hydrogen-bond acceptors (Lipinski definition) is 4. The molecule has 8 heteroatoms. The lowest BCUT2D eigenvalue weighted by Crippen LogP contribution is -2.32. The van der Waals surface area contributed by atoms with Gasteiger partial charge in [-0.25, -0.2) is 4.79 Å². The van der Waals surface area contributed by atoms with Gasteiger partial charge in [0, 0.05) is 16.8 Å². The molecule has 0 aliphatic rings. The number of benzene rings is 1. The van der Waals surface area contributed by atoms with Gasteiger partial charge < -0.3 is 15.3 Å². The number of rotatable bonds is 5. The van der Waals surface area contributed by atoms with Crippen molar-refractivity contribution in [3.8, 4) is 0 Å². The summed E-state index contributed by atoms with van der Waals surface area (Å²) in [5.74, 6) is -1.72. The molecule has 7 nitrogen and oxygen atoms in total. The molecule has 0 saturated heterocycles. The summed E-state index contributed by atoms with van der Waals surface area (Å²) in [5.41, 5.74) is 0.516. The van der Waals surface area contributed by atoms with Crippen molar-refractivity contribution < 1.29 is 19.5 Å². The van der Waals surface area contributed by atoms with Crippen LogP contribution >= 0.6 is 11.6 Å². The maximum absolute atomic E-state index is 11.9. The van der Waals surface area contributed by atoms with Gasteiger partial charge in [0.25, 0.3) is 11.5 Å². The molecule has 0 radical (unpaired) electrons. The fourth-order valence-corrected chi connectivity index (χ4v) is 1.93.